The smallest absolute Gasteiger partial charge is 0.341 e. The van der Waals surface area contributed by atoms with Gasteiger partial charge in [0.05, 0.1) is 25.3 Å². The Kier molecular flexibility index (Phi) is 7.00. The molecule has 2 N–H and O–H groups in total. The molecule has 0 bridgehead atoms. The van der Waals surface area contributed by atoms with Crippen molar-refractivity contribution in [2.75, 3.05) is 12.4 Å². The van der Waals surface area contributed by atoms with Gasteiger partial charge in [-0.1, -0.05) is 27.7 Å². The van der Waals surface area contributed by atoms with Crippen molar-refractivity contribution >= 4 is 39.6 Å². The Morgan fingerprint density at radius 1 is 1.44 bits per heavy atom. The lowest BCUT2D eigenvalue weighted by Gasteiger charge is -2.32. The molecule has 1 unspecified atom stereocenters. The number of carbonyl (C=O) groups is 1. The van der Waals surface area contributed by atoms with E-state index in [1.54, 1.807) is 6.20 Å². The molecule has 0 aliphatic heterocycles. The molecule has 2 aromatic rings. The SMILES string of the molecule is CCc1c(C)sc(NC(=S)NC(Cn2cccn2)C(C)(C)C)c1C(=O)OC. The molecule has 0 saturated heterocycles. The number of anilines is 1. The molecule has 6 nitrogen and oxygen atoms in total. The second-order valence-corrected chi connectivity index (χ2v) is 9.06. The van der Waals surface area contributed by atoms with Crippen molar-refractivity contribution in [1.82, 2.24) is 15.1 Å². The zero-order valence-corrected chi connectivity index (χ0v) is 18.4. The van der Waals surface area contributed by atoms with Crippen LogP contribution in [0.1, 0.15) is 48.5 Å². The molecule has 2 heterocycles. The van der Waals surface area contributed by atoms with E-state index in [9.17, 15) is 4.79 Å². The molecule has 0 radical (unpaired) electrons. The van der Waals surface area contributed by atoms with E-state index < -0.39 is 0 Å². The lowest BCUT2D eigenvalue weighted by atomic mass is 9.87. The van der Waals surface area contributed by atoms with Crippen LogP contribution in [0.15, 0.2) is 18.5 Å². The van der Waals surface area contributed by atoms with E-state index in [-0.39, 0.29) is 17.4 Å². The van der Waals surface area contributed by atoms with E-state index in [4.69, 9.17) is 17.0 Å². The molecular formula is C19H28N4O2S2. The summed E-state index contributed by atoms with van der Waals surface area (Å²) in [6, 6.07) is 1.96. The van der Waals surface area contributed by atoms with Gasteiger partial charge in [-0.2, -0.15) is 5.10 Å². The standard InChI is InChI=1S/C19H28N4O2S2/c1-7-13-12(2)27-16(15(13)17(24)25-6)22-18(26)21-14(19(3,4)5)11-23-10-8-9-20-23/h8-10,14H,7,11H2,1-6H3,(H2,21,22,26). The van der Waals surface area contributed by atoms with Gasteiger partial charge in [0.15, 0.2) is 5.11 Å². The van der Waals surface area contributed by atoms with Crippen LogP contribution >= 0.6 is 23.6 Å². The second kappa shape index (κ2) is 8.84. The first-order chi connectivity index (χ1) is 12.7. The van der Waals surface area contributed by atoms with E-state index >= 15 is 0 Å². The molecule has 0 aromatic carbocycles. The van der Waals surface area contributed by atoms with Gasteiger partial charge < -0.3 is 15.4 Å². The third kappa shape index (κ3) is 5.29. The van der Waals surface area contributed by atoms with Gasteiger partial charge in [-0.05, 0) is 42.6 Å². The third-order valence-electron chi connectivity index (χ3n) is 4.46. The number of thiophene rings is 1. The summed E-state index contributed by atoms with van der Waals surface area (Å²) in [5, 5.41) is 12.1. The van der Waals surface area contributed by atoms with Gasteiger partial charge in [0.2, 0.25) is 0 Å². The fourth-order valence-corrected chi connectivity index (χ4v) is 4.29. The molecule has 0 saturated carbocycles. The number of hydrogen-bond donors (Lipinski definition) is 2. The zero-order valence-electron chi connectivity index (χ0n) is 16.8. The molecule has 0 aliphatic rings. The van der Waals surface area contributed by atoms with Gasteiger partial charge in [0.1, 0.15) is 5.00 Å². The molecule has 27 heavy (non-hydrogen) atoms. The number of ether oxygens (including phenoxy) is 1. The highest BCUT2D eigenvalue weighted by molar-refractivity contribution is 7.80. The zero-order chi connectivity index (χ0) is 20.2. The molecule has 0 aliphatic carbocycles. The third-order valence-corrected chi connectivity index (χ3v) is 5.74. The first kappa shape index (κ1) is 21.4. The molecular weight excluding hydrogens is 380 g/mol. The summed E-state index contributed by atoms with van der Waals surface area (Å²) in [5.41, 5.74) is 1.54. The fraction of sp³-hybridized carbons (Fsp3) is 0.526. The molecule has 8 heteroatoms. The minimum atomic E-state index is -0.342. The highest BCUT2D eigenvalue weighted by Gasteiger charge is 2.27. The van der Waals surface area contributed by atoms with E-state index in [0.29, 0.717) is 17.2 Å². The number of nitrogens with zero attached hydrogens (tertiary/aromatic N) is 2. The summed E-state index contributed by atoms with van der Waals surface area (Å²) in [6.07, 6.45) is 4.46. The summed E-state index contributed by atoms with van der Waals surface area (Å²) in [4.78, 5) is 13.4. The van der Waals surface area contributed by atoms with Crippen LogP contribution in [-0.4, -0.2) is 34.0 Å². The minimum absolute atomic E-state index is 0.0389. The van der Waals surface area contributed by atoms with Gasteiger partial charge in [-0.3, -0.25) is 4.68 Å². The Balaban J connectivity index is 2.19. The number of rotatable bonds is 6. The average molecular weight is 409 g/mol. The number of aryl methyl sites for hydroxylation is 1. The molecule has 0 fully saturated rings. The van der Waals surface area contributed by atoms with Gasteiger partial charge in [-0.25, -0.2) is 4.79 Å². The van der Waals surface area contributed by atoms with Crippen molar-refractivity contribution in [1.29, 1.82) is 0 Å². The van der Waals surface area contributed by atoms with Crippen LogP contribution in [0.2, 0.25) is 0 Å². The second-order valence-electron chi connectivity index (χ2n) is 7.43. The van der Waals surface area contributed by atoms with Crippen LogP contribution in [0, 0.1) is 12.3 Å². The fourth-order valence-electron chi connectivity index (χ4n) is 2.84. The van der Waals surface area contributed by atoms with Gasteiger partial charge in [0.25, 0.3) is 0 Å². The normalized spacial score (nSPS) is 12.5. The number of nitrogens with one attached hydrogen (secondary N) is 2. The van der Waals surface area contributed by atoms with Crippen LogP contribution in [-0.2, 0) is 17.7 Å². The number of esters is 1. The number of carbonyl (C=O) groups excluding carboxylic acids is 1. The molecule has 2 aromatic heterocycles. The van der Waals surface area contributed by atoms with Crippen molar-refractivity contribution in [3.8, 4) is 0 Å². The minimum Gasteiger partial charge on any atom is -0.465 e. The maximum absolute atomic E-state index is 12.3. The average Bonchev–Trinajstić information content (AvgIpc) is 3.20. The van der Waals surface area contributed by atoms with Gasteiger partial charge >= 0.3 is 5.97 Å². The van der Waals surface area contributed by atoms with Crippen molar-refractivity contribution in [3.63, 3.8) is 0 Å². The van der Waals surface area contributed by atoms with Crippen LogP contribution in [0.3, 0.4) is 0 Å². The highest BCUT2D eigenvalue weighted by Crippen LogP contribution is 2.34. The maximum atomic E-state index is 12.3. The Morgan fingerprint density at radius 3 is 2.67 bits per heavy atom. The summed E-state index contributed by atoms with van der Waals surface area (Å²) < 4.78 is 6.86. The van der Waals surface area contributed by atoms with Crippen LogP contribution in [0.25, 0.3) is 0 Å². The van der Waals surface area contributed by atoms with E-state index in [1.165, 1.54) is 18.4 Å². The van der Waals surface area contributed by atoms with Crippen LogP contribution in [0.4, 0.5) is 5.00 Å². The molecule has 2 rings (SSSR count). The van der Waals surface area contributed by atoms with Gasteiger partial charge in [0, 0.05) is 17.3 Å². The van der Waals surface area contributed by atoms with Gasteiger partial charge in [-0.15, -0.1) is 11.3 Å². The monoisotopic (exact) mass is 408 g/mol. The lowest BCUT2D eigenvalue weighted by molar-refractivity contribution is 0.0601. The van der Waals surface area contributed by atoms with E-state index in [0.717, 1.165) is 21.9 Å². The molecule has 148 valence electrons. The number of thiocarbonyl (C=S) groups is 1. The Bertz CT molecular complexity index is 791. The molecule has 0 amide bonds. The molecule has 0 spiro atoms. The van der Waals surface area contributed by atoms with Crippen molar-refractivity contribution in [2.24, 2.45) is 5.41 Å². The van der Waals surface area contributed by atoms with E-state index in [2.05, 4.69) is 36.5 Å². The van der Waals surface area contributed by atoms with Crippen LogP contribution < -0.4 is 10.6 Å². The lowest BCUT2D eigenvalue weighted by Crippen LogP contribution is -2.48. The summed E-state index contributed by atoms with van der Waals surface area (Å²) >= 11 is 7.07. The summed E-state index contributed by atoms with van der Waals surface area (Å²) in [7, 11) is 1.40. The highest BCUT2D eigenvalue weighted by atomic mass is 32.1. The van der Waals surface area contributed by atoms with Crippen molar-refractivity contribution in [3.05, 3.63) is 34.5 Å². The van der Waals surface area contributed by atoms with Crippen LogP contribution in [0.5, 0.6) is 0 Å². The first-order valence-electron chi connectivity index (χ1n) is 8.92. The quantitative estimate of drug-likeness (QED) is 0.556. The van der Waals surface area contributed by atoms with E-state index in [1.807, 2.05) is 30.8 Å². The number of aromatic nitrogens is 2. The predicted octanol–water partition coefficient (Wildman–Crippen LogP) is 4.00. The van der Waals surface area contributed by atoms with Crippen molar-refractivity contribution < 1.29 is 9.53 Å². The summed E-state index contributed by atoms with van der Waals surface area (Å²) in [6.45, 7) is 11.2. The summed E-state index contributed by atoms with van der Waals surface area (Å²) in [5.74, 6) is -0.342. The Labute approximate surface area is 170 Å². The topological polar surface area (TPSA) is 68.2 Å². The molecule has 1 atom stereocenters. The first-order valence-corrected chi connectivity index (χ1v) is 10.1. The largest absolute Gasteiger partial charge is 0.465 e. The predicted molar refractivity (Wildman–Crippen MR) is 115 cm³/mol. The maximum Gasteiger partial charge on any atom is 0.341 e. The Morgan fingerprint density at radius 2 is 2.15 bits per heavy atom. The van der Waals surface area contributed by atoms with Crippen molar-refractivity contribution in [2.45, 2.75) is 53.6 Å². The number of hydrogen-bond acceptors (Lipinski definition) is 5. The Hall–Kier alpha value is -1.93. The number of methoxy groups -OCH3 is 1.